The largest absolute Gasteiger partial charge is 0.213 e. The van der Waals surface area contributed by atoms with Gasteiger partial charge in [0.15, 0.2) is 11.6 Å². The first kappa shape index (κ1) is 31.4. The lowest BCUT2D eigenvalue weighted by atomic mass is 9.43. The first-order valence-corrected chi connectivity index (χ1v) is 20.2. The van der Waals surface area contributed by atoms with Crippen molar-refractivity contribution in [3.63, 3.8) is 0 Å². The molecule has 4 fully saturated rings. The van der Waals surface area contributed by atoms with Crippen LogP contribution in [0.25, 0.3) is 66.6 Å². The summed E-state index contributed by atoms with van der Waals surface area (Å²) in [4.78, 5) is 15.4. The van der Waals surface area contributed by atoms with E-state index in [9.17, 15) is 0 Å². The minimum atomic E-state index is 0.0764. The summed E-state index contributed by atoms with van der Waals surface area (Å²) in [6.45, 7) is 0. The van der Waals surface area contributed by atoms with E-state index < -0.39 is 0 Å². The van der Waals surface area contributed by atoms with Gasteiger partial charge in [0.05, 0.1) is 0 Å². The zero-order valence-electron chi connectivity index (χ0n) is 30.8. The standard InChI is InChI=1S/C52H41N3/c1-3-10-34(11-4-1)35-18-20-38(21-19-35)51-54-48(53-50(55-51)37-13-5-2-6-14-37)30-40-16-9-15-39-29-46-44-23-22-36-12-7-8-17-43(36)49(44)52(47(46)31-45(39)40)41-25-32-24-33(27-41)28-42(52)26-32/h1-23,29,31-33,41-42H,24-28,30H2. The third-order valence-electron chi connectivity index (χ3n) is 13.9. The second-order valence-electron chi connectivity index (χ2n) is 16.8. The van der Waals surface area contributed by atoms with Crippen LogP contribution in [0.4, 0.5) is 0 Å². The van der Waals surface area contributed by atoms with E-state index >= 15 is 0 Å². The van der Waals surface area contributed by atoms with Crippen molar-refractivity contribution in [1.82, 2.24) is 15.0 Å². The Hall–Kier alpha value is -5.93. The Bertz CT molecular complexity index is 2760. The molecule has 13 rings (SSSR count). The van der Waals surface area contributed by atoms with Gasteiger partial charge in [-0.3, -0.25) is 0 Å². The van der Waals surface area contributed by atoms with E-state index in [4.69, 9.17) is 15.0 Å². The van der Waals surface area contributed by atoms with Gasteiger partial charge in [0.25, 0.3) is 0 Å². The van der Waals surface area contributed by atoms with Gasteiger partial charge in [-0.15, -0.1) is 0 Å². The number of fused-ring (bicyclic) bond motifs is 6. The van der Waals surface area contributed by atoms with Crippen LogP contribution in [0.3, 0.4) is 0 Å². The number of hydrogen-bond acceptors (Lipinski definition) is 3. The Kier molecular flexibility index (Phi) is 6.88. The van der Waals surface area contributed by atoms with Crippen LogP contribution in [0.5, 0.6) is 0 Å². The fourth-order valence-electron chi connectivity index (χ4n) is 11.9. The molecule has 1 spiro atoms. The first-order chi connectivity index (χ1) is 27.2. The van der Waals surface area contributed by atoms with Gasteiger partial charge in [-0.05, 0) is 128 Å². The van der Waals surface area contributed by atoms with E-state index in [0.29, 0.717) is 29.9 Å². The second kappa shape index (κ2) is 12.0. The maximum Gasteiger partial charge on any atom is 0.163 e. The summed E-state index contributed by atoms with van der Waals surface area (Å²) in [5.41, 5.74) is 11.9. The molecule has 1 heterocycles. The van der Waals surface area contributed by atoms with Gasteiger partial charge in [-0.2, -0.15) is 0 Å². The van der Waals surface area contributed by atoms with Crippen LogP contribution < -0.4 is 0 Å². The minimum Gasteiger partial charge on any atom is -0.213 e. The van der Waals surface area contributed by atoms with Crippen molar-refractivity contribution in [2.24, 2.45) is 23.7 Å². The lowest BCUT2D eigenvalue weighted by Gasteiger charge is -2.61. The zero-order valence-corrected chi connectivity index (χ0v) is 30.8. The molecule has 3 nitrogen and oxygen atoms in total. The summed E-state index contributed by atoms with van der Waals surface area (Å²) in [5.74, 6) is 5.42. The smallest absolute Gasteiger partial charge is 0.163 e. The lowest BCUT2D eigenvalue weighted by molar-refractivity contribution is -0.0393. The Balaban J connectivity index is 1.01. The van der Waals surface area contributed by atoms with Gasteiger partial charge in [-0.25, -0.2) is 15.0 Å². The normalized spacial score (nSPS) is 23.1. The molecule has 0 atom stereocenters. The Morgan fingerprint density at radius 2 is 1.05 bits per heavy atom. The molecular weight excluding hydrogens is 667 g/mol. The van der Waals surface area contributed by atoms with E-state index in [0.717, 1.165) is 28.8 Å². The summed E-state index contributed by atoms with van der Waals surface area (Å²) in [6.07, 6.45) is 7.58. The van der Waals surface area contributed by atoms with Gasteiger partial charge < -0.3 is 0 Å². The number of aromatic nitrogens is 3. The highest BCUT2D eigenvalue weighted by molar-refractivity contribution is 6.02. The Morgan fingerprint density at radius 1 is 0.455 bits per heavy atom. The molecule has 0 radical (unpaired) electrons. The predicted octanol–water partition coefficient (Wildman–Crippen LogP) is 12.5. The molecule has 264 valence electrons. The summed E-state index contributed by atoms with van der Waals surface area (Å²) in [5, 5.41) is 5.48. The third-order valence-corrected chi connectivity index (χ3v) is 13.9. The van der Waals surface area contributed by atoms with Gasteiger partial charge in [0, 0.05) is 23.0 Å². The molecule has 7 aromatic carbocycles. The molecule has 4 saturated carbocycles. The van der Waals surface area contributed by atoms with E-state index in [1.807, 2.05) is 6.07 Å². The monoisotopic (exact) mass is 707 g/mol. The van der Waals surface area contributed by atoms with Crippen molar-refractivity contribution >= 4 is 21.5 Å². The average molecular weight is 708 g/mol. The molecular formula is C52H41N3. The lowest BCUT2D eigenvalue weighted by Crippen LogP contribution is -2.55. The fourth-order valence-corrected chi connectivity index (χ4v) is 11.9. The van der Waals surface area contributed by atoms with Crippen LogP contribution in [0.1, 0.15) is 54.6 Å². The van der Waals surface area contributed by atoms with Crippen molar-refractivity contribution < 1.29 is 0 Å². The summed E-state index contributed by atoms with van der Waals surface area (Å²) in [6, 6.07) is 55.5. The molecule has 8 aromatic rings. The number of hydrogen-bond donors (Lipinski definition) is 0. The first-order valence-electron chi connectivity index (χ1n) is 20.2. The molecule has 1 aromatic heterocycles. The van der Waals surface area contributed by atoms with Crippen LogP contribution in [0.2, 0.25) is 0 Å². The molecule has 0 unspecified atom stereocenters. The fraction of sp³-hybridized carbons (Fsp3) is 0.212. The topological polar surface area (TPSA) is 38.7 Å². The maximum atomic E-state index is 5.19. The van der Waals surface area contributed by atoms with Crippen molar-refractivity contribution in [1.29, 1.82) is 0 Å². The molecule has 5 aliphatic rings. The molecule has 0 N–H and O–H groups in total. The van der Waals surface area contributed by atoms with Crippen molar-refractivity contribution in [3.8, 4) is 45.0 Å². The zero-order chi connectivity index (χ0) is 36.1. The van der Waals surface area contributed by atoms with Crippen LogP contribution in [0, 0.1) is 23.7 Å². The maximum absolute atomic E-state index is 5.19. The number of rotatable bonds is 5. The van der Waals surface area contributed by atoms with Crippen LogP contribution in [-0.4, -0.2) is 15.0 Å². The van der Waals surface area contributed by atoms with E-state index in [1.165, 1.54) is 81.5 Å². The van der Waals surface area contributed by atoms with Gasteiger partial charge in [0.1, 0.15) is 5.82 Å². The van der Waals surface area contributed by atoms with Gasteiger partial charge in [0.2, 0.25) is 0 Å². The predicted molar refractivity (Wildman–Crippen MR) is 224 cm³/mol. The number of benzene rings is 7. The second-order valence-corrected chi connectivity index (χ2v) is 16.8. The van der Waals surface area contributed by atoms with E-state index in [-0.39, 0.29) is 5.41 Å². The van der Waals surface area contributed by atoms with Gasteiger partial charge >= 0.3 is 0 Å². The highest BCUT2D eigenvalue weighted by Gasteiger charge is 2.62. The quantitative estimate of drug-likeness (QED) is 0.179. The Labute approximate surface area is 322 Å². The molecule has 0 saturated heterocycles. The van der Waals surface area contributed by atoms with Crippen LogP contribution >= 0.6 is 0 Å². The Morgan fingerprint density at radius 3 is 1.78 bits per heavy atom. The molecule has 55 heavy (non-hydrogen) atoms. The molecule has 3 heteroatoms. The summed E-state index contributed by atoms with van der Waals surface area (Å²) >= 11 is 0. The minimum absolute atomic E-state index is 0.0764. The molecule has 4 bridgehead atoms. The van der Waals surface area contributed by atoms with E-state index in [2.05, 4.69) is 146 Å². The summed E-state index contributed by atoms with van der Waals surface area (Å²) in [7, 11) is 0. The average Bonchev–Trinajstić information content (AvgIpc) is 3.52. The van der Waals surface area contributed by atoms with Crippen molar-refractivity contribution in [2.45, 2.75) is 43.9 Å². The van der Waals surface area contributed by atoms with Crippen molar-refractivity contribution in [2.75, 3.05) is 0 Å². The van der Waals surface area contributed by atoms with Crippen molar-refractivity contribution in [3.05, 3.63) is 174 Å². The van der Waals surface area contributed by atoms with E-state index in [1.54, 1.807) is 11.1 Å². The molecule has 5 aliphatic carbocycles. The van der Waals surface area contributed by atoms with Crippen LogP contribution in [0.15, 0.2) is 152 Å². The van der Waals surface area contributed by atoms with Crippen LogP contribution in [-0.2, 0) is 11.8 Å². The van der Waals surface area contributed by atoms with Gasteiger partial charge in [-0.1, -0.05) is 140 Å². The SMILES string of the molecule is c1ccc(-c2ccc(-c3nc(Cc4cccc5cc6c(cc45)C4(c5c-6ccc6ccccc56)C5CC6CC(C5)CC4C6)nc(-c4ccccc4)n3)cc2)cc1. The number of nitrogens with zero attached hydrogens (tertiary/aromatic N) is 3. The summed E-state index contributed by atoms with van der Waals surface area (Å²) < 4.78 is 0. The highest BCUT2D eigenvalue weighted by atomic mass is 15.0. The third kappa shape index (κ3) is 4.78. The molecule has 0 amide bonds. The molecule has 0 aliphatic heterocycles. The highest BCUT2D eigenvalue weighted by Crippen LogP contribution is 2.70.